The van der Waals surface area contributed by atoms with Crippen molar-refractivity contribution in [3.8, 4) is 0 Å². The second-order valence-corrected chi connectivity index (χ2v) is 11.7. The summed E-state index contributed by atoms with van der Waals surface area (Å²) in [5.74, 6) is -0.997. The van der Waals surface area contributed by atoms with E-state index in [1.165, 1.54) is 6.92 Å². The van der Waals surface area contributed by atoms with E-state index in [1.54, 1.807) is 13.8 Å². The van der Waals surface area contributed by atoms with E-state index in [1.807, 2.05) is 6.92 Å². The van der Waals surface area contributed by atoms with Crippen molar-refractivity contribution in [1.29, 1.82) is 0 Å². The van der Waals surface area contributed by atoms with Crippen molar-refractivity contribution >= 4 is 34.7 Å². The Hall–Kier alpha value is -2.41. The first kappa shape index (κ1) is 27.2. The number of ether oxygens (including phenoxy) is 5. The van der Waals surface area contributed by atoms with Crippen LogP contribution in [-0.4, -0.2) is 76.9 Å². The van der Waals surface area contributed by atoms with E-state index in [9.17, 15) is 27.6 Å². The van der Waals surface area contributed by atoms with Crippen LogP contribution in [-0.2, 0) is 52.4 Å². The van der Waals surface area contributed by atoms with Crippen LogP contribution in [0.15, 0.2) is 0 Å². The lowest BCUT2D eigenvalue weighted by molar-refractivity contribution is -0.156. The smallest absolute Gasteiger partial charge is 0.468 e. The fraction of sp³-hybridized carbons (Fsp3) is 0.818. The minimum Gasteiger partial charge on any atom is -0.468 e. The monoisotopic (exact) mass is 520 g/mol. The van der Waals surface area contributed by atoms with Crippen molar-refractivity contribution in [2.45, 2.75) is 70.8 Å². The standard InChI is InChI=1S/C22H32O12S/c1-5-20(3,4)18(25)30-8-9-31-19(26)33-16-17-22(6-7-29-13-23)11-21(16,12-32-14(2)24)10-15(22)35(27,28)34-17/h13,15-17H,5-12H2,1-4H3. The molecule has 1 saturated heterocycles. The molecule has 2 bridgehead atoms. The van der Waals surface area contributed by atoms with Gasteiger partial charge in [-0.25, -0.2) is 4.79 Å². The minimum atomic E-state index is -3.99. The van der Waals surface area contributed by atoms with E-state index in [2.05, 4.69) is 0 Å². The third kappa shape index (κ3) is 5.11. The third-order valence-corrected chi connectivity index (χ3v) is 9.27. The Morgan fingerprint density at radius 2 is 1.80 bits per heavy atom. The second kappa shape index (κ2) is 9.92. The number of carbonyl (C=O) groups is 4. The molecule has 0 N–H and O–H groups in total. The van der Waals surface area contributed by atoms with Gasteiger partial charge in [-0.15, -0.1) is 0 Å². The highest BCUT2D eigenvalue weighted by molar-refractivity contribution is 7.87. The van der Waals surface area contributed by atoms with Crippen molar-refractivity contribution in [2.24, 2.45) is 16.2 Å². The molecule has 2 saturated carbocycles. The molecule has 0 aromatic heterocycles. The first-order valence-electron chi connectivity index (χ1n) is 11.4. The molecular weight excluding hydrogens is 488 g/mol. The molecule has 1 aliphatic heterocycles. The quantitative estimate of drug-likeness (QED) is 0.120. The molecule has 198 valence electrons. The van der Waals surface area contributed by atoms with Crippen LogP contribution in [0.2, 0.25) is 0 Å². The first-order valence-corrected chi connectivity index (χ1v) is 12.9. The Bertz CT molecular complexity index is 959. The molecule has 0 aromatic carbocycles. The Morgan fingerprint density at radius 3 is 2.43 bits per heavy atom. The SMILES string of the molecule is CCC(C)(C)C(=O)OCCOC(=O)OC1C2OS(=O)(=O)C3CC1(COC(C)=O)CC23CCOC=O. The number of hydrogen-bond donors (Lipinski definition) is 0. The second-order valence-electron chi connectivity index (χ2n) is 9.98. The molecule has 1 heterocycles. The van der Waals surface area contributed by atoms with Gasteiger partial charge in [0.05, 0.1) is 17.3 Å². The average Bonchev–Trinajstić information content (AvgIpc) is 3.30. The van der Waals surface area contributed by atoms with Crippen LogP contribution < -0.4 is 0 Å². The largest absolute Gasteiger partial charge is 0.508 e. The summed E-state index contributed by atoms with van der Waals surface area (Å²) < 4.78 is 56.6. The van der Waals surface area contributed by atoms with E-state index < -0.39 is 61.9 Å². The summed E-state index contributed by atoms with van der Waals surface area (Å²) in [5.41, 5.74) is -2.66. The molecule has 0 spiro atoms. The normalized spacial score (nSPS) is 32.1. The summed E-state index contributed by atoms with van der Waals surface area (Å²) in [6.45, 7) is 6.15. The molecule has 3 aliphatic rings. The zero-order chi connectivity index (χ0) is 26.1. The zero-order valence-electron chi connectivity index (χ0n) is 20.3. The van der Waals surface area contributed by atoms with Crippen LogP contribution in [0.4, 0.5) is 4.79 Å². The van der Waals surface area contributed by atoms with Gasteiger partial charge in [0.1, 0.15) is 32.0 Å². The van der Waals surface area contributed by atoms with Gasteiger partial charge >= 0.3 is 18.1 Å². The number of carbonyl (C=O) groups excluding carboxylic acids is 4. The summed E-state index contributed by atoms with van der Waals surface area (Å²) in [6, 6.07) is 0. The summed E-state index contributed by atoms with van der Waals surface area (Å²) >= 11 is 0. The van der Waals surface area contributed by atoms with Crippen LogP contribution in [0.5, 0.6) is 0 Å². The maximum absolute atomic E-state index is 12.7. The molecule has 5 unspecified atom stereocenters. The van der Waals surface area contributed by atoms with Crippen molar-refractivity contribution in [3.63, 3.8) is 0 Å². The molecule has 35 heavy (non-hydrogen) atoms. The number of esters is 2. The predicted molar refractivity (Wildman–Crippen MR) is 116 cm³/mol. The third-order valence-electron chi connectivity index (χ3n) is 7.46. The van der Waals surface area contributed by atoms with Gasteiger partial charge in [-0.1, -0.05) is 6.92 Å². The van der Waals surface area contributed by atoms with Crippen molar-refractivity contribution < 1.29 is 55.5 Å². The molecule has 12 nitrogen and oxygen atoms in total. The highest BCUT2D eigenvalue weighted by atomic mass is 32.2. The Kier molecular flexibility index (Phi) is 7.70. The lowest BCUT2D eigenvalue weighted by atomic mass is 9.76. The molecule has 0 amide bonds. The van der Waals surface area contributed by atoms with Crippen molar-refractivity contribution in [2.75, 3.05) is 26.4 Å². The first-order chi connectivity index (χ1) is 16.3. The fourth-order valence-electron chi connectivity index (χ4n) is 5.33. The molecule has 13 heteroatoms. The number of hydrogen-bond acceptors (Lipinski definition) is 12. The molecule has 0 aromatic rings. The van der Waals surface area contributed by atoms with Gasteiger partial charge in [-0.3, -0.25) is 18.6 Å². The highest BCUT2D eigenvalue weighted by Gasteiger charge is 2.79. The lowest BCUT2D eigenvalue weighted by Gasteiger charge is -2.36. The van der Waals surface area contributed by atoms with Crippen LogP contribution in [0.1, 0.15) is 53.4 Å². The Balaban J connectivity index is 1.71. The van der Waals surface area contributed by atoms with Crippen LogP contribution in [0.3, 0.4) is 0 Å². The van der Waals surface area contributed by atoms with Gasteiger partial charge < -0.3 is 23.7 Å². The van der Waals surface area contributed by atoms with Gasteiger partial charge in [-0.2, -0.15) is 8.42 Å². The van der Waals surface area contributed by atoms with Crippen molar-refractivity contribution in [1.82, 2.24) is 0 Å². The zero-order valence-corrected chi connectivity index (χ0v) is 21.1. The lowest BCUT2D eigenvalue weighted by Crippen LogP contribution is -2.49. The fourth-order valence-corrected chi connectivity index (χ4v) is 7.50. The van der Waals surface area contributed by atoms with Gasteiger partial charge in [0.2, 0.25) is 0 Å². The Labute approximate surface area is 204 Å². The van der Waals surface area contributed by atoms with Crippen molar-refractivity contribution in [3.05, 3.63) is 0 Å². The van der Waals surface area contributed by atoms with E-state index in [0.717, 1.165) is 0 Å². The summed E-state index contributed by atoms with van der Waals surface area (Å²) in [7, 11) is -3.99. The van der Waals surface area contributed by atoms with E-state index in [4.69, 9.17) is 27.9 Å². The van der Waals surface area contributed by atoms with E-state index in [-0.39, 0.29) is 52.2 Å². The van der Waals surface area contributed by atoms with Crippen LogP contribution >= 0.6 is 0 Å². The molecule has 3 rings (SSSR count). The summed E-state index contributed by atoms with van der Waals surface area (Å²) in [6.07, 6.45) is -2.22. The van der Waals surface area contributed by atoms with Gasteiger partial charge in [-0.05, 0) is 39.5 Å². The molecule has 0 radical (unpaired) electrons. The van der Waals surface area contributed by atoms with Crippen LogP contribution in [0, 0.1) is 16.2 Å². The maximum atomic E-state index is 12.7. The number of rotatable bonds is 12. The molecular formula is C22H32O12S. The summed E-state index contributed by atoms with van der Waals surface area (Å²) in [4.78, 5) is 46.7. The molecule has 5 atom stereocenters. The highest BCUT2D eigenvalue weighted by Crippen LogP contribution is 2.70. The number of fused-ring (bicyclic) bond motifs is 1. The predicted octanol–water partition coefficient (Wildman–Crippen LogP) is 1.49. The van der Waals surface area contributed by atoms with Gasteiger partial charge in [0.15, 0.2) is 0 Å². The topological polar surface area (TPSA) is 158 Å². The Morgan fingerprint density at radius 1 is 1.11 bits per heavy atom. The molecule has 2 aliphatic carbocycles. The van der Waals surface area contributed by atoms with Gasteiger partial charge in [0.25, 0.3) is 16.6 Å². The van der Waals surface area contributed by atoms with Gasteiger partial charge in [0, 0.05) is 17.8 Å². The van der Waals surface area contributed by atoms with E-state index in [0.29, 0.717) is 6.42 Å². The maximum Gasteiger partial charge on any atom is 0.508 e. The van der Waals surface area contributed by atoms with Crippen LogP contribution in [0.25, 0.3) is 0 Å². The van der Waals surface area contributed by atoms with E-state index >= 15 is 0 Å². The minimum absolute atomic E-state index is 0.0435. The molecule has 3 fully saturated rings. The summed E-state index contributed by atoms with van der Waals surface area (Å²) in [5, 5.41) is -0.914. The average molecular weight is 521 g/mol.